The fraction of sp³-hybridized carbons (Fsp3) is 0.133. The highest BCUT2D eigenvalue weighted by Crippen LogP contribution is 2.35. The van der Waals surface area contributed by atoms with Gasteiger partial charge in [0, 0.05) is 31.3 Å². The third-order valence-corrected chi connectivity index (χ3v) is 5.43. The summed E-state index contributed by atoms with van der Waals surface area (Å²) in [6.07, 6.45) is 4.28. The van der Waals surface area contributed by atoms with Gasteiger partial charge in [0.2, 0.25) is 0 Å². The summed E-state index contributed by atoms with van der Waals surface area (Å²) in [6.45, 7) is 1.21. The van der Waals surface area contributed by atoms with Gasteiger partial charge in [-0.3, -0.25) is 0 Å². The average molecular weight is 436 g/mol. The predicted molar refractivity (Wildman–Crippen MR) is 138 cm³/mol. The monoisotopic (exact) mass is 435 g/mol. The molecular formula is C30H29NO2. The molecule has 0 saturated carbocycles. The van der Waals surface area contributed by atoms with Crippen molar-refractivity contribution >= 4 is 29.2 Å². The maximum atomic E-state index is 5.27. The van der Waals surface area contributed by atoms with Crippen molar-refractivity contribution in [3.8, 4) is 0 Å². The van der Waals surface area contributed by atoms with E-state index in [0.717, 1.165) is 33.8 Å². The van der Waals surface area contributed by atoms with Crippen molar-refractivity contribution in [2.75, 3.05) is 19.1 Å². The Balaban J connectivity index is 1.64. The number of ether oxygens (including phenoxy) is 2. The van der Waals surface area contributed by atoms with E-state index in [9.17, 15) is 0 Å². The summed E-state index contributed by atoms with van der Waals surface area (Å²) < 4.78 is 10.5. The van der Waals surface area contributed by atoms with Gasteiger partial charge in [0.05, 0.1) is 13.2 Å². The van der Waals surface area contributed by atoms with Crippen LogP contribution in [0.4, 0.5) is 17.1 Å². The summed E-state index contributed by atoms with van der Waals surface area (Å²) >= 11 is 0. The van der Waals surface area contributed by atoms with Gasteiger partial charge in [-0.2, -0.15) is 0 Å². The Bertz CT molecular complexity index is 1100. The fourth-order valence-corrected chi connectivity index (χ4v) is 3.75. The van der Waals surface area contributed by atoms with E-state index < -0.39 is 0 Å². The number of hydrogen-bond acceptors (Lipinski definition) is 3. The second-order valence-electron chi connectivity index (χ2n) is 7.87. The lowest BCUT2D eigenvalue weighted by Crippen LogP contribution is -2.10. The number of benzene rings is 4. The number of nitrogens with zero attached hydrogens (tertiary/aromatic N) is 1. The van der Waals surface area contributed by atoms with Crippen LogP contribution in [0, 0.1) is 0 Å². The SMILES string of the molecule is COCc1ccc(N(c2ccc(C=Cc3ccccc3)cc2)c2ccc(COC)cc2)cc1. The molecule has 0 spiro atoms. The first kappa shape index (κ1) is 22.5. The lowest BCUT2D eigenvalue weighted by Gasteiger charge is -2.26. The van der Waals surface area contributed by atoms with Crippen molar-refractivity contribution < 1.29 is 9.47 Å². The van der Waals surface area contributed by atoms with Crippen molar-refractivity contribution in [2.45, 2.75) is 13.2 Å². The van der Waals surface area contributed by atoms with Crippen LogP contribution < -0.4 is 4.90 Å². The van der Waals surface area contributed by atoms with E-state index in [0.29, 0.717) is 13.2 Å². The molecule has 3 heteroatoms. The summed E-state index contributed by atoms with van der Waals surface area (Å²) in [5, 5.41) is 0. The first-order valence-corrected chi connectivity index (χ1v) is 11.1. The quantitative estimate of drug-likeness (QED) is 0.252. The lowest BCUT2D eigenvalue weighted by molar-refractivity contribution is 0.185. The topological polar surface area (TPSA) is 21.7 Å². The maximum Gasteiger partial charge on any atom is 0.0713 e. The second-order valence-corrected chi connectivity index (χ2v) is 7.87. The summed E-state index contributed by atoms with van der Waals surface area (Å²) in [4.78, 5) is 2.26. The summed E-state index contributed by atoms with van der Waals surface area (Å²) in [5.74, 6) is 0. The third-order valence-electron chi connectivity index (χ3n) is 5.43. The minimum Gasteiger partial charge on any atom is -0.380 e. The van der Waals surface area contributed by atoms with Gasteiger partial charge in [-0.25, -0.2) is 0 Å². The molecule has 0 aliphatic rings. The van der Waals surface area contributed by atoms with Crippen LogP contribution in [0.25, 0.3) is 12.2 Å². The number of hydrogen-bond donors (Lipinski definition) is 0. The first-order chi connectivity index (χ1) is 16.3. The molecule has 3 nitrogen and oxygen atoms in total. The molecule has 0 N–H and O–H groups in total. The summed E-state index contributed by atoms with van der Waals surface area (Å²) in [6, 6.07) is 36.0. The van der Waals surface area contributed by atoms with Gasteiger partial charge >= 0.3 is 0 Å². The van der Waals surface area contributed by atoms with E-state index in [4.69, 9.17) is 9.47 Å². The Morgan fingerprint density at radius 3 is 1.33 bits per heavy atom. The van der Waals surface area contributed by atoms with Crippen LogP contribution in [0.1, 0.15) is 22.3 Å². The van der Waals surface area contributed by atoms with Crippen molar-refractivity contribution in [2.24, 2.45) is 0 Å². The third kappa shape index (κ3) is 5.98. The Labute approximate surface area is 196 Å². The minimum atomic E-state index is 0.606. The molecule has 4 aromatic carbocycles. The molecular weight excluding hydrogens is 406 g/mol. The van der Waals surface area contributed by atoms with Gasteiger partial charge in [0.1, 0.15) is 0 Å². The van der Waals surface area contributed by atoms with Crippen molar-refractivity contribution in [3.63, 3.8) is 0 Å². The second kappa shape index (κ2) is 11.3. The molecule has 0 aliphatic heterocycles. The minimum absolute atomic E-state index is 0.606. The van der Waals surface area contributed by atoms with E-state index in [-0.39, 0.29) is 0 Å². The largest absolute Gasteiger partial charge is 0.380 e. The molecule has 4 rings (SSSR count). The first-order valence-electron chi connectivity index (χ1n) is 11.1. The van der Waals surface area contributed by atoms with E-state index in [1.807, 2.05) is 6.07 Å². The molecule has 0 heterocycles. The Morgan fingerprint density at radius 1 is 0.515 bits per heavy atom. The van der Waals surface area contributed by atoms with Crippen molar-refractivity contribution in [1.29, 1.82) is 0 Å². The van der Waals surface area contributed by atoms with Crippen LogP contribution in [-0.2, 0) is 22.7 Å². The zero-order valence-electron chi connectivity index (χ0n) is 19.1. The van der Waals surface area contributed by atoms with Gasteiger partial charge in [-0.05, 0) is 58.7 Å². The number of anilines is 3. The smallest absolute Gasteiger partial charge is 0.0713 e. The molecule has 0 aromatic heterocycles. The molecule has 0 amide bonds. The van der Waals surface area contributed by atoms with Crippen molar-refractivity contribution in [3.05, 3.63) is 125 Å². The Kier molecular flexibility index (Phi) is 7.70. The van der Waals surface area contributed by atoms with E-state index in [2.05, 4.69) is 114 Å². The molecule has 0 saturated heterocycles. The Hall–Kier alpha value is -3.66. The van der Waals surface area contributed by atoms with E-state index in [1.54, 1.807) is 14.2 Å². The van der Waals surface area contributed by atoms with E-state index >= 15 is 0 Å². The van der Waals surface area contributed by atoms with Crippen LogP contribution in [0.15, 0.2) is 103 Å². The number of methoxy groups -OCH3 is 2. The molecule has 0 aliphatic carbocycles. The predicted octanol–water partition coefficient (Wildman–Crippen LogP) is 7.62. The van der Waals surface area contributed by atoms with E-state index in [1.165, 1.54) is 5.56 Å². The zero-order chi connectivity index (χ0) is 22.9. The number of rotatable bonds is 9. The van der Waals surface area contributed by atoms with Gasteiger partial charge in [-0.1, -0.05) is 78.9 Å². The molecule has 0 atom stereocenters. The van der Waals surface area contributed by atoms with Crippen LogP contribution in [-0.4, -0.2) is 14.2 Å². The molecule has 0 radical (unpaired) electrons. The molecule has 0 unspecified atom stereocenters. The normalized spacial score (nSPS) is 11.1. The zero-order valence-corrected chi connectivity index (χ0v) is 19.1. The highest BCUT2D eigenvalue weighted by Gasteiger charge is 2.12. The van der Waals surface area contributed by atoms with Gasteiger partial charge < -0.3 is 14.4 Å². The van der Waals surface area contributed by atoms with Gasteiger partial charge in [-0.15, -0.1) is 0 Å². The average Bonchev–Trinajstić information content (AvgIpc) is 2.87. The van der Waals surface area contributed by atoms with Gasteiger partial charge in [0.25, 0.3) is 0 Å². The highest BCUT2D eigenvalue weighted by molar-refractivity contribution is 5.78. The lowest BCUT2D eigenvalue weighted by atomic mass is 10.1. The molecule has 166 valence electrons. The molecule has 0 fully saturated rings. The standard InChI is InChI=1S/C30H29NO2/c1-32-22-26-12-18-29(19-13-26)31(30-20-14-27(15-21-30)23-33-2)28-16-10-25(11-17-28)9-8-24-6-4-3-5-7-24/h3-21H,22-23H2,1-2H3. The van der Waals surface area contributed by atoms with Crippen LogP contribution in [0.2, 0.25) is 0 Å². The summed E-state index contributed by atoms with van der Waals surface area (Å²) in [7, 11) is 3.44. The molecule has 33 heavy (non-hydrogen) atoms. The van der Waals surface area contributed by atoms with Crippen LogP contribution in [0.3, 0.4) is 0 Å². The maximum absolute atomic E-state index is 5.27. The fourth-order valence-electron chi connectivity index (χ4n) is 3.75. The highest BCUT2D eigenvalue weighted by atomic mass is 16.5. The van der Waals surface area contributed by atoms with Crippen LogP contribution >= 0.6 is 0 Å². The van der Waals surface area contributed by atoms with Crippen molar-refractivity contribution in [1.82, 2.24) is 0 Å². The molecule has 0 bridgehead atoms. The van der Waals surface area contributed by atoms with Gasteiger partial charge in [0.15, 0.2) is 0 Å². The Morgan fingerprint density at radius 2 is 0.909 bits per heavy atom. The van der Waals surface area contributed by atoms with Crippen LogP contribution in [0.5, 0.6) is 0 Å². The summed E-state index contributed by atoms with van der Waals surface area (Å²) in [5.41, 5.74) is 7.95. The molecule has 4 aromatic rings.